The summed E-state index contributed by atoms with van der Waals surface area (Å²) in [4.78, 5) is 32.6. The molecular weight excluding hydrogens is 490 g/mol. The Morgan fingerprint density at radius 3 is 2.46 bits per heavy atom. The molecule has 1 aromatic heterocycles. The Morgan fingerprint density at radius 2 is 1.76 bits per heavy atom. The first-order valence-corrected chi connectivity index (χ1v) is 11.0. The molecule has 4 N–H and O–H groups in total. The fourth-order valence-electron chi connectivity index (χ4n) is 3.81. The number of amides is 2. The highest BCUT2D eigenvalue weighted by Gasteiger charge is 2.31. The van der Waals surface area contributed by atoms with Crippen molar-refractivity contribution in [2.45, 2.75) is 19.5 Å². The number of carbonyl (C=O) groups excluding carboxylic acids is 2. The molecule has 1 heterocycles. The van der Waals surface area contributed by atoms with E-state index in [2.05, 4.69) is 20.6 Å². The number of hydrogen-bond acceptors (Lipinski definition) is 5. The highest BCUT2D eigenvalue weighted by Crippen LogP contribution is 2.34. The Balaban J connectivity index is 1.69. The molecule has 7 nitrogen and oxygen atoms in total. The number of nitrogen functional groups attached to an aromatic ring is 1. The van der Waals surface area contributed by atoms with Gasteiger partial charge in [-0.2, -0.15) is 13.2 Å². The molecule has 0 radical (unpaired) electrons. The van der Waals surface area contributed by atoms with Crippen LogP contribution in [0, 0.1) is 12.7 Å². The van der Waals surface area contributed by atoms with E-state index in [1.165, 1.54) is 25.2 Å². The van der Waals surface area contributed by atoms with E-state index >= 15 is 4.39 Å². The first-order chi connectivity index (χ1) is 17.5. The number of hydrogen-bond donors (Lipinski definition) is 3. The van der Waals surface area contributed by atoms with E-state index in [1.807, 2.05) is 0 Å². The van der Waals surface area contributed by atoms with Crippen molar-refractivity contribution >= 4 is 34.2 Å². The summed E-state index contributed by atoms with van der Waals surface area (Å²) < 4.78 is 54.7. The maximum atomic E-state index is 15.6. The smallest absolute Gasteiger partial charge is 0.383 e. The third-order valence-electron chi connectivity index (χ3n) is 5.71. The van der Waals surface area contributed by atoms with Crippen molar-refractivity contribution in [1.82, 2.24) is 15.3 Å². The monoisotopic (exact) mass is 511 g/mol. The zero-order valence-corrected chi connectivity index (χ0v) is 19.7. The fraction of sp³-hybridized carbons (Fsp3) is 0.154. The van der Waals surface area contributed by atoms with Crippen molar-refractivity contribution in [3.63, 3.8) is 0 Å². The Morgan fingerprint density at radius 1 is 1.00 bits per heavy atom. The lowest BCUT2D eigenvalue weighted by atomic mass is 9.97. The van der Waals surface area contributed by atoms with Crippen LogP contribution >= 0.6 is 0 Å². The summed E-state index contributed by atoms with van der Waals surface area (Å²) in [5.41, 5.74) is 6.62. The Hall–Kier alpha value is -4.54. The van der Waals surface area contributed by atoms with Crippen LogP contribution in [0.1, 0.15) is 27.3 Å². The van der Waals surface area contributed by atoms with Gasteiger partial charge in [0.2, 0.25) is 5.91 Å². The molecule has 0 aliphatic carbocycles. The molecule has 0 spiro atoms. The van der Waals surface area contributed by atoms with Gasteiger partial charge < -0.3 is 16.4 Å². The van der Waals surface area contributed by atoms with Crippen LogP contribution in [0.15, 0.2) is 54.6 Å². The molecule has 0 unspecified atom stereocenters. The van der Waals surface area contributed by atoms with Crippen molar-refractivity contribution in [3.8, 4) is 11.1 Å². The topological polar surface area (TPSA) is 110 Å². The van der Waals surface area contributed by atoms with Gasteiger partial charge in [0, 0.05) is 23.9 Å². The van der Waals surface area contributed by atoms with Gasteiger partial charge in [-0.15, -0.1) is 0 Å². The van der Waals surface area contributed by atoms with E-state index in [1.54, 1.807) is 25.1 Å². The molecule has 0 aliphatic heterocycles. The van der Waals surface area contributed by atoms with E-state index in [0.29, 0.717) is 11.1 Å². The molecule has 4 rings (SSSR count). The van der Waals surface area contributed by atoms with Crippen LogP contribution in [0.4, 0.5) is 29.1 Å². The molecule has 0 fully saturated rings. The summed E-state index contributed by atoms with van der Waals surface area (Å²) >= 11 is 0. The lowest BCUT2D eigenvalue weighted by Crippen LogP contribution is -2.21. The molecule has 0 saturated carbocycles. The van der Waals surface area contributed by atoms with Gasteiger partial charge in [-0.1, -0.05) is 12.1 Å². The number of halogens is 4. The third kappa shape index (κ3) is 5.35. The standard InChI is InChI=1S/C26H21F4N5O2/c1-13-6-7-16(33-25(37)14-4-3-5-15(10-14)26(28,29)30)11-18(13)17-8-9-19-22(23(17)27)24(31)35-20(34-19)12-21(36)32-2/h3-11H,12H2,1-2H3,(H,32,36)(H,33,37)(H2,31,34,35). The molecule has 2 amide bonds. The number of aromatic nitrogens is 2. The third-order valence-corrected chi connectivity index (χ3v) is 5.71. The number of benzene rings is 3. The van der Waals surface area contributed by atoms with Gasteiger partial charge >= 0.3 is 6.18 Å². The largest absolute Gasteiger partial charge is 0.416 e. The summed E-state index contributed by atoms with van der Waals surface area (Å²) in [5.74, 6) is -1.75. The van der Waals surface area contributed by atoms with Gasteiger partial charge in [0.25, 0.3) is 5.91 Å². The number of nitrogens with zero attached hydrogens (tertiary/aromatic N) is 2. The van der Waals surface area contributed by atoms with Gasteiger partial charge in [-0.05, 0) is 60.5 Å². The second-order valence-electron chi connectivity index (χ2n) is 8.26. The van der Waals surface area contributed by atoms with Crippen LogP contribution in [0.5, 0.6) is 0 Å². The summed E-state index contributed by atoms with van der Waals surface area (Å²) in [7, 11) is 1.47. The Labute approximate surface area is 208 Å². The van der Waals surface area contributed by atoms with E-state index < -0.39 is 23.5 Å². The maximum absolute atomic E-state index is 15.6. The minimum Gasteiger partial charge on any atom is -0.383 e. The van der Waals surface area contributed by atoms with E-state index in [4.69, 9.17) is 5.73 Å². The number of aryl methyl sites for hydroxylation is 1. The summed E-state index contributed by atoms with van der Waals surface area (Å²) in [6.07, 6.45) is -4.71. The highest BCUT2D eigenvalue weighted by molar-refractivity contribution is 6.05. The van der Waals surface area contributed by atoms with Gasteiger partial charge in [-0.3, -0.25) is 9.59 Å². The van der Waals surface area contributed by atoms with Gasteiger partial charge in [0.15, 0.2) is 0 Å². The van der Waals surface area contributed by atoms with Crippen molar-refractivity contribution in [1.29, 1.82) is 0 Å². The number of fused-ring (bicyclic) bond motifs is 1. The molecule has 0 saturated heterocycles. The summed E-state index contributed by atoms with van der Waals surface area (Å²) in [6, 6.07) is 11.8. The number of carbonyl (C=O) groups is 2. The van der Waals surface area contributed by atoms with Crippen LogP contribution in [0.25, 0.3) is 22.0 Å². The molecule has 11 heteroatoms. The fourth-order valence-corrected chi connectivity index (χ4v) is 3.81. The SMILES string of the molecule is CNC(=O)Cc1nc(N)c2c(F)c(-c3cc(NC(=O)c4cccc(C(F)(F)F)c4)ccc3C)ccc2n1. The van der Waals surface area contributed by atoms with Gasteiger partial charge in [0.1, 0.15) is 17.5 Å². The first kappa shape index (κ1) is 25.5. The normalized spacial score (nSPS) is 11.4. The molecular formula is C26H21F4N5O2. The van der Waals surface area contributed by atoms with Crippen molar-refractivity contribution < 1.29 is 27.2 Å². The Kier molecular flexibility index (Phi) is 6.80. The van der Waals surface area contributed by atoms with E-state index in [0.717, 1.165) is 18.2 Å². The van der Waals surface area contributed by atoms with Crippen LogP contribution in [-0.4, -0.2) is 28.8 Å². The molecule has 0 bridgehead atoms. The number of nitrogens with one attached hydrogen (secondary N) is 2. The summed E-state index contributed by atoms with van der Waals surface area (Å²) in [5, 5.41) is 4.99. The molecule has 3 aromatic carbocycles. The lowest BCUT2D eigenvalue weighted by Gasteiger charge is -2.14. The van der Waals surface area contributed by atoms with Crippen molar-refractivity contribution in [3.05, 3.63) is 82.9 Å². The quantitative estimate of drug-likeness (QED) is 0.331. The minimum absolute atomic E-state index is 0.0176. The Bertz CT molecular complexity index is 1540. The highest BCUT2D eigenvalue weighted by atomic mass is 19.4. The number of likely N-dealkylation sites (N-methyl/N-ethyl adjacent to an activating group) is 1. The second kappa shape index (κ2) is 9.84. The number of anilines is 2. The zero-order chi connectivity index (χ0) is 26.9. The van der Waals surface area contributed by atoms with Gasteiger partial charge in [0.05, 0.1) is 22.9 Å². The number of rotatable bonds is 5. The molecule has 0 aliphatic rings. The molecule has 4 aromatic rings. The predicted molar refractivity (Wildman–Crippen MR) is 131 cm³/mol. The van der Waals surface area contributed by atoms with E-state index in [9.17, 15) is 22.8 Å². The van der Waals surface area contributed by atoms with Crippen LogP contribution in [0.3, 0.4) is 0 Å². The zero-order valence-electron chi connectivity index (χ0n) is 19.7. The number of nitrogens with two attached hydrogens (primary N) is 1. The van der Waals surface area contributed by atoms with Crippen molar-refractivity contribution in [2.75, 3.05) is 18.1 Å². The maximum Gasteiger partial charge on any atom is 0.416 e. The predicted octanol–water partition coefficient (Wildman–Crippen LogP) is 4.89. The molecule has 190 valence electrons. The minimum atomic E-state index is -4.59. The average molecular weight is 511 g/mol. The van der Waals surface area contributed by atoms with Crippen LogP contribution in [0.2, 0.25) is 0 Å². The second-order valence-corrected chi connectivity index (χ2v) is 8.26. The molecule has 37 heavy (non-hydrogen) atoms. The van der Waals surface area contributed by atoms with E-state index in [-0.39, 0.29) is 51.7 Å². The van der Waals surface area contributed by atoms with Crippen LogP contribution in [-0.2, 0) is 17.4 Å². The average Bonchev–Trinajstić information content (AvgIpc) is 2.85. The van der Waals surface area contributed by atoms with Gasteiger partial charge in [-0.25, -0.2) is 14.4 Å². The van der Waals surface area contributed by atoms with Crippen LogP contribution < -0.4 is 16.4 Å². The number of alkyl halides is 3. The lowest BCUT2D eigenvalue weighted by molar-refractivity contribution is -0.137. The first-order valence-electron chi connectivity index (χ1n) is 11.0. The molecule has 0 atom stereocenters. The van der Waals surface area contributed by atoms with Crippen molar-refractivity contribution in [2.24, 2.45) is 0 Å². The summed E-state index contributed by atoms with van der Waals surface area (Å²) in [6.45, 7) is 1.74.